The van der Waals surface area contributed by atoms with Crippen molar-refractivity contribution in [1.82, 2.24) is 15.1 Å². The maximum atomic E-state index is 13.9. The maximum Gasteiger partial charge on any atom is 0.240 e. The van der Waals surface area contributed by atoms with Crippen LogP contribution < -0.4 is 19.7 Å². The summed E-state index contributed by atoms with van der Waals surface area (Å²) in [7, 11) is 4.83. The van der Waals surface area contributed by atoms with Crippen LogP contribution in [0.2, 0.25) is 0 Å². The van der Waals surface area contributed by atoms with Crippen molar-refractivity contribution in [2.75, 3.05) is 51.7 Å². The second-order valence-corrected chi connectivity index (χ2v) is 11.4. The summed E-state index contributed by atoms with van der Waals surface area (Å²) in [5.74, 6) is 1.61. The summed E-state index contributed by atoms with van der Waals surface area (Å²) in [6.45, 7) is 2.58. The molecule has 2 aromatic heterocycles. The van der Waals surface area contributed by atoms with Crippen LogP contribution in [0.4, 0.5) is 5.82 Å². The summed E-state index contributed by atoms with van der Waals surface area (Å²) < 4.78 is 18.3. The number of aromatic nitrogens is 2. The molecule has 41 heavy (non-hydrogen) atoms. The molecule has 2 amide bonds. The summed E-state index contributed by atoms with van der Waals surface area (Å²) in [5.41, 5.74) is 4.26. The predicted octanol–water partition coefficient (Wildman–Crippen LogP) is 4.86. The minimum atomic E-state index is -0.338. The number of thioether (sulfide) groups is 1. The van der Waals surface area contributed by atoms with Gasteiger partial charge in [-0.25, -0.2) is 4.68 Å². The van der Waals surface area contributed by atoms with Crippen LogP contribution in [0.15, 0.2) is 60.0 Å². The number of amides is 2. The van der Waals surface area contributed by atoms with Crippen LogP contribution in [-0.2, 0) is 14.3 Å². The van der Waals surface area contributed by atoms with Crippen molar-refractivity contribution in [3.63, 3.8) is 0 Å². The number of hydrogen-bond acceptors (Lipinski definition) is 8. The van der Waals surface area contributed by atoms with Gasteiger partial charge in [0.05, 0.1) is 42.4 Å². The Hall–Kier alpha value is -3.80. The number of nitrogens with one attached hydrogen (secondary N) is 1. The fourth-order valence-corrected chi connectivity index (χ4v) is 6.80. The van der Waals surface area contributed by atoms with Gasteiger partial charge in [-0.05, 0) is 48.2 Å². The van der Waals surface area contributed by atoms with Gasteiger partial charge >= 0.3 is 0 Å². The molecule has 0 saturated carbocycles. The molecule has 3 heterocycles. The quantitative estimate of drug-likeness (QED) is 0.263. The smallest absolute Gasteiger partial charge is 0.240 e. The van der Waals surface area contributed by atoms with Crippen molar-refractivity contribution in [1.29, 1.82) is 0 Å². The fourth-order valence-electron chi connectivity index (χ4n) is 4.87. The predicted molar refractivity (Wildman–Crippen MR) is 163 cm³/mol. The molecule has 11 heteroatoms. The zero-order chi connectivity index (χ0) is 28.9. The Balaban J connectivity index is 1.78. The van der Waals surface area contributed by atoms with E-state index in [1.54, 1.807) is 37.6 Å². The van der Waals surface area contributed by atoms with Gasteiger partial charge in [0, 0.05) is 24.8 Å². The molecule has 1 aliphatic heterocycles. The van der Waals surface area contributed by atoms with Gasteiger partial charge in [0.2, 0.25) is 11.8 Å². The number of aryl methyl sites for hydroxylation is 1. The second kappa shape index (κ2) is 12.8. The first-order chi connectivity index (χ1) is 20.0. The molecule has 1 aliphatic rings. The number of fused-ring (bicyclic) bond motifs is 1. The largest absolute Gasteiger partial charge is 0.497 e. The number of carbonyl (C=O) groups is 2. The van der Waals surface area contributed by atoms with Crippen molar-refractivity contribution in [2.24, 2.45) is 0 Å². The van der Waals surface area contributed by atoms with Gasteiger partial charge in [0.25, 0.3) is 0 Å². The van der Waals surface area contributed by atoms with Crippen LogP contribution in [0.1, 0.15) is 21.9 Å². The van der Waals surface area contributed by atoms with Gasteiger partial charge in [-0.2, -0.15) is 5.10 Å². The SMILES string of the molecule is COCCNC(=O)CN1C(=O)CS[C@@H](c2cc(OC)ccc2OC)c2c(-c3cccs3)nn(-c3ccccc3C)c21. The van der Waals surface area contributed by atoms with Crippen LogP contribution in [0.3, 0.4) is 0 Å². The first-order valence-electron chi connectivity index (χ1n) is 13.1. The molecule has 4 aromatic rings. The molecule has 0 fully saturated rings. The van der Waals surface area contributed by atoms with Crippen molar-refractivity contribution < 1.29 is 23.8 Å². The normalized spacial score (nSPS) is 14.9. The maximum absolute atomic E-state index is 13.9. The van der Waals surface area contributed by atoms with Gasteiger partial charge in [0.15, 0.2) is 0 Å². The first-order valence-corrected chi connectivity index (χ1v) is 15.0. The van der Waals surface area contributed by atoms with Gasteiger partial charge < -0.3 is 19.5 Å². The molecular weight excluding hydrogens is 560 g/mol. The highest BCUT2D eigenvalue weighted by Gasteiger charge is 2.39. The lowest BCUT2D eigenvalue weighted by atomic mass is 10.0. The Morgan fingerprint density at radius 2 is 1.93 bits per heavy atom. The van der Waals surface area contributed by atoms with Crippen LogP contribution in [-0.4, -0.2) is 68.4 Å². The third kappa shape index (κ3) is 5.83. The number of benzene rings is 2. The highest BCUT2D eigenvalue weighted by atomic mass is 32.2. The highest BCUT2D eigenvalue weighted by molar-refractivity contribution is 8.00. The first kappa shape index (κ1) is 28.7. The number of carbonyl (C=O) groups excluding carboxylic acids is 2. The van der Waals surface area contributed by atoms with Crippen LogP contribution in [0.5, 0.6) is 11.5 Å². The lowest BCUT2D eigenvalue weighted by Crippen LogP contribution is -2.43. The standard InChI is InChI=1S/C30H32N4O5S2/c1-19-8-5-6-9-22(19)34-30-27(28(32-34)24-10-7-15-40-24)29(21-16-20(38-3)11-12-23(21)39-4)41-18-26(36)33(30)17-25(35)31-13-14-37-2/h5-12,15-16,29H,13-14,17-18H2,1-4H3,(H,31,35)/t29-/m0/s1. The Morgan fingerprint density at radius 3 is 2.63 bits per heavy atom. The van der Waals surface area contributed by atoms with E-state index in [2.05, 4.69) is 5.32 Å². The average molecular weight is 593 g/mol. The Morgan fingerprint density at radius 1 is 1.10 bits per heavy atom. The molecule has 214 valence electrons. The molecular formula is C30H32N4O5S2. The number of para-hydroxylation sites is 1. The van der Waals surface area contributed by atoms with E-state index < -0.39 is 0 Å². The van der Waals surface area contributed by atoms with Crippen molar-refractivity contribution in [3.8, 4) is 27.8 Å². The molecule has 1 atom stereocenters. The average Bonchev–Trinajstić information content (AvgIpc) is 3.62. The van der Waals surface area contributed by atoms with Crippen molar-refractivity contribution in [2.45, 2.75) is 12.2 Å². The molecule has 9 nitrogen and oxygen atoms in total. The Labute approximate surface area is 247 Å². The monoisotopic (exact) mass is 592 g/mol. The summed E-state index contributed by atoms with van der Waals surface area (Å²) >= 11 is 3.06. The van der Waals surface area contributed by atoms with Crippen LogP contribution in [0, 0.1) is 6.92 Å². The fraction of sp³-hybridized carbons (Fsp3) is 0.300. The molecule has 5 rings (SSSR count). The summed E-state index contributed by atoms with van der Waals surface area (Å²) in [6, 6.07) is 17.6. The molecule has 0 bridgehead atoms. The third-order valence-corrected chi connectivity index (χ3v) is 8.95. The number of methoxy groups -OCH3 is 3. The van der Waals surface area contributed by atoms with E-state index in [0.717, 1.165) is 32.9 Å². The lowest BCUT2D eigenvalue weighted by molar-refractivity contribution is -0.123. The molecule has 0 radical (unpaired) electrons. The minimum absolute atomic E-state index is 0.153. The number of hydrogen-bond donors (Lipinski definition) is 1. The minimum Gasteiger partial charge on any atom is -0.497 e. The van der Waals surface area contributed by atoms with E-state index in [9.17, 15) is 9.59 Å². The van der Waals surface area contributed by atoms with Crippen molar-refractivity contribution in [3.05, 3.63) is 76.7 Å². The Bertz CT molecular complexity index is 1540. The highest BCUT2D eigenvalue weighted by Crippen LogP contribution is 2.51. The number of anilines is 1. The Kier molecular flexibility index (Phi) is 8.96. The summed E-state index contributed by atoms with van der Waals surface area (Å²) in [4.78, 5) is 29.5. The number of ether oxygens (including phenoxy) is 3. The van der Waals surface area contributed by atoms with E-state index >= 15 is 0 Å². The van der Waals surface area contributed by atoms with Gasteiger partial charge in [0.1, 0.15) is 29.6 Å². The van der Waals surface area contributed by atoms with Crippen LogP contribution >= 0.6 is 23.1 Å². The number of nitrogens with zero attached hydrogens (tertiary/aromatic N) is 3. The van der Waals surface area contributed by atoms with Gasteiger partial charge in [-0.1, -0.05) is 24.3 Å². The zero-order valence-corrected chi connectivity index (χ0v) is 25.0. The second-order valence-electron chi connectivity index (χ2n) is 9.38. The van der Waals surface area contributed by atoms with E-state index in [-0.39, 0.29) is 29.4 Å². The molecule has 0 aliphatic carbocycles. The molecule has 0 spiro atoms. The lowest BCUT2D eigenvalue weighted by Gasteiger charge is -2.24. The number of thiophene rings is 1. The van der Waals surface area contributed by atoms with E-state index in [1.807, 2.05) is 71.6 Å². The van der Waals surface area contributed by atoms with Crippen LogP contribution in [0.25, 0.3) is 16.3 Å². The van der Waals surface area contributed by atoms with E-state index in [1.165, 1.54) is 11.8 Å². The molecule has 0 saturated heterocycles. The van der Waals surface area contributed by atoms with Crippen molar-refractivity contribution >= 4 is 40.7 Å². The molecule has 2 aromatic carbocycles. The molecule has 1 N–H and O–H groups in total. The summed E-state index contributed by atoms with van der Waals surface area (Å²) in [6.07, 6.45) is 0. The topological polar surface area (TPSA) is 94.9 Å². The summed E-state index contributed by atoms with van der Waals surface area (Å²) in [5, 5.41) is 9.67. The van der Waals surface area contributed by atoms with E-state index in [4.69, 9.17) is 19.3 Å². The van der Waals surface area contributed by atoms with Gasteiger partial charge in [-0.3, -0.25) is 14.5 Å². The third-order valence-electron chi connectivity index (χ3n) is 6.84. The molecule has 0 unspecified atom stereocenters. The van der Waals surface area contributed by atoms with Gasteiger partial charge in [-0.15, -0.1) is 23.1 Å². The van der Waals surface area contributed by atoms with E-state index in [0.29, 0.717) is 30.5 Å². The zero-order valence-electron chi connectivity index (χ0n) is 23.4. The number of rotatable bonds is 10.